The van der Waals surface area contributed by atoms with E-state index in [0.29, 0.717) is 0 Å². The summed E-state index contributed by atoms with van der Waals surface area (Å²) in [5.74, 6) is 0.962. The maximum Gasteiger partial charge on any atom is 0.122 e. The number of fused-ring (bicyclic) bond motifs is 1. The third-order valence-corrected chi connectivity index (χ3v) is 3.21. The molecule has 86 valence electrons. The molecule has 1 unspecified atom stereocenters. The molecule has 2 aliphatic heterocycles. The summed E-state index contributed by atoms with van der Waals surface area (Å²) in [4.78, 5) is 0. The number of benzene rings is 1. The fourth-order valence-electron chi connectivity index (χ4n) is 2.34. The van der Waals surface area contributed by atoms with Gasteiger partial charge < -0.3 is 14.8 Å². The van der Waals surface area contributed by atoms with E-state index in [1.54, 1.807) is 0 Å². The lowest BCUT2D eigenvalue weighted by atomic mass is 10.1. The fraction of sp³-hybridized carbons (Fsp3) is 0.538. The van der Waals surface area contributed by atoms with Gasteiger partial charge in [-0.3, -0.25) is 0 Å². The summed E-state index contributed by atoms with van der Waals surface area (Å²) in [5.41, 5.74) is 2.63. The molecule has 1 atom stereocenters. The van der Waals surface area contributed by atoms with Gasteiger partial charge in [0.25, 0.3) is 0 Å². The van der Waals surface area contributed by atoms with E-state index in [4.69, 9.17) is 9.47 Å². The number of nitrogens with one attached hydrogen (secondary N) is 1. The molecular formula is C13H17NO2. The second-order valence-corrected chi connectivity index (χ2v) is 4.45. The number of hydrogen-bond donors (Lipinski definition) is 1. The van der Waals surface area contributed by atoms with E-state index in [2.05, 4.69) is 23.5 Å². The summed E-state index contributed by atoms with van der Waals surface area (Å²) in [6.45, 7) is 2.65. The molecule has 1 fully saturated rings. The number of hydrogen-bond acceptors (Lipinski definition) is 3. The molecule has 3 rings (SSSR count). The molecular weight excluding hydrogens is 202 g/mol. The second-order valence-electron chi connectivity index (χ2n) is 4.45. The highest BCUT2D eigenvalue weighted by Crippen LogP contribution is 2.28. The van der Waals surface area contributed by atoms with Crippen LogP contribution in [0.3, 0.4) is 0 Å². The van der Waals surface area contributed by atoms with Crippen molar-refractivity contribution in [2.45, 2.75) is 25.4 Å². The van der Waals surface area contributed by atoms with Crippen LogP contribution < -0.4 is 10.1 Å². The lowest BCUT2D eigenvalue weighted by molar-refractivity contribution is 0.00745. The van der Waals surface area contributed by atoms with Crippen molar-refractivity contribution in [2.24, 2.45) is 0 Å². The summed E-state index contributed by atoms with van der Waals surface area (Å²) in [5, 5.41) is 3.37. The maximum absolute atomic E-state index is 5.92. The van der Waals surface area contributed by atoms with Gasteiger partial charge in [-0.1, -0.05) is 6.07 Å². The van der Waals surface area contributed by atoms with Crippen LogP contribution in [0.2, 0.25) is 0 Å². The molecule has 0 amide bonds. The molecule has 1 saturated heterocycles. The predicted octanol–water partition coefficient (Wildman–Crippen LogP) is 2.21. The normalized spacial score (nSPS) is 23.6. The van der Waals surface area contributed by atoms with Gasteiger partial charge in [-0.2, -0.15) is 0 Å². The molecule has 1 aromatic rings. The monoisotopic (exact) mass is 219 g/mol. The maximum atomic E-state index is 5.92. The number of rotatable bonds is 2. The van der Waals surface area contributed by atoms with Crippen LogP contribution in [0, 0.1) is 0 Å². The Kier molecular flexibility index (Phi) is 2.70. The van der Waals surface area contributed by atoms with Gasteiger partial charge in [-0.05, 0) is 30.9 Å². The van der Waals surface area contributed by atoms with Gasteiger partial charge in [-0.15, -0.1) is 0 Å². The quantitative estimate of drug-likeness (QED) is 0.827. The average Bonchev–Trinajstić information content (AvgIpc) is 2.77. The van der Waals surface area contributed by atoms with Crippen LogP contribution in [0.15, 0.2) is 18.2 Å². The molecule has 0 saturated carbocycles. The zero-order chi connectivity index (χ0) is 10.8. The first-order valence-electron chi connectivity index (χ1n) is 6.03. The standard InChI is InChI=1S/C13H17NO2/c1-2-12(9-15-7-1)16-11-4-3-10-5-6-14-13(10)8-11/h3-4,8,12,14H,1-2,5-7,9H2. The van der Waals surface area contributed by atoms with Gasteiger partial charge in [0, 0.05) is 24.9 Å². The zero-order valence-electron chi connectivity index (χ0n) is 9.37. The van der Waals surface area contributed by atoms with E-state index >= 15 is 0 Å². The van der Waals surface area contributed by atoms with Gasteiger partial charge in [0.05, 0.1) is 6.61 Å². The molecule has 2 aliphatic rings. The van der Waals surface area contributed by atoms with Gasteiger partial charge in [-0.25, -0.2) is 0 Å². The predicted molar refractivity (Wildman–Crippen MR) is 63.1 cm³/mol. The third kappa shape index (κ3) is 2.00. The summed E-state index contributed by atoms with van der Waals surface area (Å²) in [6.07, 6.45) is 3.56. The second kappa shape index (κ2) is 4.34. The van der Waals surface area contributed by atoms with Crippen molar-refractivity contribution in [1.82, 2.24) is 0 Å². The highest BCUT2D eigenvalue weighted by Gasteiger charge is 2.16. The van der Waals surface area contributed by atoms with Crippen LogP contribution in [-0.4, -0.2) is 25.9 Å². The largest absolute Gasteiger partial charge is 0.488 e. The molecule has 1 N–H and O–H groups in total. The number of anilines is 1. The van der Waals surface area contributed by atoms with Crippen molar-refractivity contribution in [3.05, 3.63) is 23.8 Å². The molecule has 3 nitrogen and oxygen atoms in total. The van der Waals surface area contributed by atoms with Gasteiger partial charge in [0.2, 0.25) is 0 Å². The SMILES string of the molecule is c1cc2c(cc1OC1CCCOC1)NCC2. The van der Waals surface area contributed by atoms with Crippen molar-refractivity contribution in [3.63, 3.8) is 0 Å². The Morgan fingerprint density at radius 2 is 2.38 bits per heavy atom. The molecule has 1 aromatic carbocycles. The first-order valence-corrected chi connectivity index (χ1v) is 6.03. The molecule has 0 radical (unpaired) electrons. The summed E-state index contributed by atoms with van der Waals surface area (Å²) >= 11 is 0. The van der Waals surface area contributed by atoms with Crippen LogP contribution in [0.1, 0.15) is 18.4 Å². The molecule has 2 heterocycles. The van der Waals surface area contributed by atoms with Crippen LogP contribution in [0.25, 0.3) is 0 Å². The first-order chi connectivity index (χ1) is 7.92. The van der Waals surface area contributed by atoms with Gasteiger partial charge in [0.15, 0.2) is 0 Å². The van der Waals surface area contributed by atoms with E-state index in [9.17, 15) is 0 Å². The smallest absolute Gasteiger partial charge is 0.122 e. The van der Waals surface area contributed by atoms with E-state index in [1.807, 2.05) is 0 Å². The Bertz CT molecular complexity index is 372. The molecule has 0 spiro atoms. The highest BCUT2D eigenvalue weighted by atomic mass is 16.5. The topological polar surface area (TPSA) is 30.5 Å². The minimum atomic E-state index is 0.230. The van der Waals surface area contributed by atoms with Crippen molar-refractivity contribution in [2.75, 3.05) is 25.1 Å². The molecule has 0 aliphatic carbocycles. The average molecular weight is 219 g/mol. The summed E-state index contributed by atoms with van der Waals surface area (Å²) in [6, 6.07) is 6.34. The van der Waals surface area contributed by atoms with Crippen LogP contribution in [-0.2, 0) is 11.2 Å². The third-order valence-electron chi connectivity index (χ3n) is 3.21. The Morgan fingerprint density at radius 3 is 3.25 bits per heavy atom. The van der Waals surface area contributed by atoms with Gasteiger partial charge >= 0.3 is 0 Å². The first kappa shape index (κ1) is 9.97. The van der Waals surface area contributed by atoms with Crippen molar-refractivity contribution < 1.29 is 9.47 Å². The molecule has 0 bridgehead atoms. The van der Waals surface area contributed by atoms with Crippen LogP contribution >= 0.6 is 0 Å². The highest BCUT2D eigenvalue weighted by molar-refractivity contribution is 5.58. The number of ether oxygens (including phenoxy) is 2. The van der Waals surface area contributed by atoms with Gasteiger partial charge in [0.1, 0.15) is 11.9 Å². The Hall–Kier alpha value is -1.22. The summed E-state index contributed by atoms with van der Waals surface area (Å²) in [7, 11) is 0. The lowest BCUT2D eigenvalue weighted by Gasteiger charge is -2.23. The Labute approximate surface area is 95.8 Å². The van der Waals surface area contributed by atoms with Crippen molar-refractivity contribution in [3.8, 4) is 5.75 Å². The van der Waals surface area contributed by atoms with Crippen molar-refractivity contribution in [1.29, 1.82) is 0 Å². The lowest BCUT2D eigenvalue weighted by Crippen LogP contribution is -2.27. The van der Waals surface area contributed by atoms with Crippen LogP contribution in [0.5, 0.6) is 5.75 Å². The molecule has 0 aromatic heterocycles. The molecule has 3 heteroatoms. The van der Waals surface area contributed by atoms with E-state index < -0.39 is 0 Å². The van der Waals surface area contributed by atoms with Crippen LogP contribution in [0.4, 0.5) is 5.69 Å². The summed E-state index contributed by atoms with van der Waals surface area (Å²) < 4.78 is 11.3. The Balaban J connectivity index is 1.69. The van der Waals surface area contributed by atoms with Crippen molar-refractivity contribution >= 4 is 5.69 Å². The van der Waals surface area contributed by atoms with E-state index in [-0.39, 0.29) is 6.10 Å². The minimum absolute atomic E-state index is 0.230. The van der Waals surface area contributed by atoms with E-state index in [1.165, 1.54) is 11.3 Å². The minimum Gasteiger partial charge on any atom is -0.488 e. The van der Waals surface area contributed by atoms with E-state index in [0.717, 1.165) is 44.8 Å². The zero-order valence-corrected chi connectivity index (χ0v) is 9.37. The molecule has 16 heavy (non-hydrogen) atoms. The Morgan fingerprint density at radius 1 is 1.38 bits per heavy atom. The fourth-order valence-corrected chi connectivity index (χ4v) is 2.34.